The molecule has 0 unspecified atom stereocenters. The molecule has 0 spiro atoms. The van der Waals surface area contributed by atoms with Crippen molar-refractivity contribution in [3.05, 3.63) is 0 Å². The number of carbonyl (C=O) groups is 1. The van der Waals surface area contributed by atoms with Crippen molar-refractivity contribution >= 4 is 11.7 Å². The molecule has 18 heavy (non-hydrogen) atoms. The van der Waals surface area contributed by atoms with Crippen LogP contribution in [0.4, 0.5) is 0 Å². The Bertz CT molecular complexity index is 300. The summed E-state index contributed by atoms with van der Waals surface area (Å²) in [7, 11) is 4.00. The first-order valence-corrected chi connectivity index (χ1v) is 6.19. The molecule has 0 rings (SSSR count). The van der Waals surface area contributed by atoms with E-state index < -0.39 is 5.41 Å². The quantitative estimate of drug-likeness (QED) is 0.302. The van der Waals surface area contributed by atoms with Crippen molar-refractivity contribution in [2.45, 2.75) is 27.2 Å². The summed E-state index contributed by atoms with van der Waals surface area (Å²) < 4.78 is 0. The first-order chi connectivity index (χ1) is 8.27. The van der Waals surface area contributed by atoms with Gasteiger partial charge in [-0.15, -0.1) is 0 Å². The zero-order valence-electron chi connectivity index (χ0n) is 12.1. The van der Waals surface area contributed by atoms with Crippen LogP contribution in [0.15, 0.2) is 5.16 Å². The number of carbonyl (C=O) groups excluding carboxylic acids is 1. The zero-order chi connectivity index (χ0) is 14.3. The summed E-state index contributed by atoms with van der Waals surface area (Å²) in [6.07, 6.45) is 0.902. The van der Waals surface area contributed by atoms with E-state index >= 15 is 0 Å². The molecule has 6 heteroatoms. The van der Waals surface area contributed by atoms with Gasteiger partial charge in [-0.1, -0.05) is 5.16 Å². The van der Waals surface area contributed by atoms with Gasteiger partial charge in [0.25, 0.3) is 0 Å². The molecule has 0 aromatic heterocycles. The topological polar surface area (TPSA) is 82.2 Å². The lowest BCUT2D eigenvalue weighted by atomic mass is 9.90. The standard InChI is InChI=1S/C12H26N4O2/c1-6-16(9-7-8-15(4)5)11(17)12(2,3)10(13)14-18/h18H,6-9H2,1-5H3,(H2,13,14). The number of hydrogen-bond donors (Lipinski definition) is 2. The molecule has 0 saturated heterocycles. The minimum Gasteiger partial charge on any atom is -0.409 e. The Morgan fingerprint density at radius 1 is 1.33 bits per heavy atom. The Balaban J connectivity index is 4.61. The van der Waals surface area contributed by atoms with Crippen LogP contribution in [-0.2, 0) is 4.79 Å². The summed E-state index contributed by atoms with van der Waals surface area (Å²) in [6, 6.07) is 0. The summed E-state index contributed by atoms with van der Waals surface area (Å²) in [5.41, 5.74) is 4.60. The van der Waals surface area contributed by atoms with Crippen molar-refractivity contribution < 1.29 is 10.0 Å². The number of amidine groups is 1. The number of nitrogens with zero attached hydrogens (tertiary/aromatic N) is 3. The van der Waals surface area contributed by atoms with Crippen LogP contribution >= 0.6 is 0 Å². The first-order valence-electron chi connectivity index (χ1n) is 6.19. The molecule has 0 aliphatic carbocycles. The van der Waals surface area contributed by atoms with Gasteiger partial charge in [0.15, 0.2) is 5.84 Å². The Hall–Kier alpha value is -1.30. The molecule has 0 saturated carbocycles. The third kappa shape index (κ3) is 4.52. The number of hydrogen-bond acceptors (Lipinski definition) is 4. The van der Waals surface area contributed by atoms with E-state index in [0.717, 1.165) is 13.0 Å². The molecule has 0 aromatic rings. The van der Waals surface area contributed by atoms with Crippen LogP contribution in [0, 0.1) is 5.41 Å². The van der Waals surface area contributed by atoms with E-state index in [-0.39, 0.29) is 11.7 Å². The maximum absolute atomic E-state index is 12.3. The van der Waals surface area contributed by atoms with Crippen molar-refractivity contribution in [2.24, 2.45) is 16.3 Å². The summed E-state index contributed by atoms with van der Waals surface area (Å²) >= 11 is 0. The van der Waals surface area contributed by atoms with Gasteiger partial charge in [-0.2, -0.15) is 0 Å². The van der Waals surface area contributed by atoms with Crippen LogP contribution < -0.4 is 5.73 Å². The largest absolute Gasteiger partial charge is 0.409 e. The predicted octanol–water partition coefficient (Wildman–Crippen LogP) is 0.559. The van der Waals surface area contributed by atoms with Crippen LogP contribution in [0.5, 0.6) is 0 Å². The SMILES string of the molecule is CCN(CCCN(C)C)C(=O)C(C)(C)C(N)=NO. The van der Waals surface area contributed by atoms with Gasteiger partial charge in [0.1, 0.15) is 5.41 Å². The number of amides is 1. The summed E-state index contributed by atoms with van der Waals surface area (Å²) in [6.45, 7) is 7.48. The van der Waals surface area contributed by atoms with Crippen LogP contribution in [0.1, 0.15) is 27.2 Å². The van der Waals surface area contributed by atoms with Crippen molar-refractivity contribution in [2.75, 3.05) is 33.7 Å². The second-order valence-electron chi connectivity index (χ2n) is 5.15. The number of rotatable bonds is 7. The van der Waals surface area contributed by atoms with Crippen molar-refractivity contribution in [3.63, 3.8) is 0 Å². The van der Waals surface area contributed by atoms with Gasteiger partial charge >= 0.3 is 0 Å². The summed E-state index contributed by atoms with van der Waals surface area (Å²) in [5.74, 6) is -0.169. The van der Waals surface area contributed by atoms with Gasteiger partial charge in [0, 0.05) is 13.1 Å². The highest BCUT2D eigenvalue weighted by atomic mass is 16.4. The van der Waals surface area contributed by atoms with Crippen molar-refractivity contribution in [1.29, 1.82) is 0 Å². The second kappa shape index (κ2) is 7.20. The number of nitrogens with two attached hydrogens (primary N) is 1. The third-order valence-electron chi connectivity index (χ3n) is 2.99. The van der Waals surface area contributed by atoms with E-state index in [2.05, 4.69) is 10.1 Å². The van der Waals surface area contributed by atoms with Crippen LogP contribution in [0.3, 0.4) is 0 Å². The summed E-state index contributed by atoms with van der Waals surface area (Å²) in [4.78, 5) is 16.1. The van der Waals surface area contributed by atoms with Crippen LogP contribution in [-0.4, -0.2) is 60.5 Å². The van der Waals surface area contributed by atoms with Crippen LogP contribution in [0.2, 0.25) is 0 Å². The highest BCUT2D eigenvalue weighted by molar-refractivity contribution is 6.05. The monoisotopic (exact) mass is 258 g/mol. The van der Waals surface area contributed by atoms with Gasteiger partial charge in [-0.3, -0.25) is 4.79 Å². The zero-order valence-corrected chi connectivity index (χ0v) is 12.1. The normalized spacial score (nSPS) is 12.9. The van der Waals surface area contributed by atoms with E-state index in [1.165, 1.54) is 0 Å². The van der Waals surface area contributed by atoms with E-state index in [1.54, 1.807) is 18.7 Å². The molecule has 0 fully saturated rings. The molecule has 6 nitrogen and oxygen atoms in total. The first kappa shape index (κ1) is 16.7. The minimum atomic E-state index is -0.969. The fourth-order valence-corrected chi connectivity index (χ4v) is 1.61. The average molecular weight is 258 g/mol. The molecule has 0 bridgehead atoms. The Kier molecular flexibility index (Phi) is 6.68. The molecule has 3 N–H and O–H groups in total. The fraction of sp³-hybridized carbons (Fsp3) is 0.833. The van der Waals surface area contributed by atoms with E-state index in [0.29, 0.717) is 13.1 Å². The molecule has 0 aromatic carbocycles. The van der Waals surface area contributed by atoms with E-state index in [9.17, 15) is 4.79 Å². The number of oxime groups is 1. The summed E-state index contributed by atoms with van der Waals surface area (Å²) in [5, 5.41) is 11.7. The second-order valence-corrected chi connectivity index (χ2v) is 5.15. The van der Waals surface area contributed by atoms with Crippen molar-refractivity contribution in [1.82, 2.24) is 9.80 Å². The molecule has 0 heterocycles. The Morgan fingerprint density at radius 2 is 1.89 bits per heavy atom. The molecule has 0 aliphatic rings. The Morgan fingerprint density at radius 3 is 2.28 bits per heavy atom. The smallest absolute Gasteiger partial charge is 0.235 e. The van der Waals surface area contributed by atoms with E-state index in [4.69, 9.17) is 10.9 Å². The molecular formula is C12H26N4O2. The van der Waals surface area contributed by atoms with E-state index in [1.807, 2.05) is 21.0 Å². The fourth-order valence-electron chi connectivity index (χ4n) is 1.61. The maximum Gasteiger partial charge on any atom is 0.235 e. The molecular weight excluding hydrogens is 232 g/mol. The molecule has 106 valence electrons. The van der Waals surface area contributed by atoms with Gasteiger partial charge < -0.3 is 20.7 Å². The van der Waals surface area contributed by atoms with Crippen LogP contribution in [0.25, 0.3) is 0 Å². The Labute approximate surface area is 109 Å². The highest BCUT2D eigenvalue weighted by Gasteiger charge is 2.35. The van der Waals surface area contributed by atoms with Gasteiger partial charge in [0.2, 0.25) is 5.91 Å². The molecule has 0 atom stereocenters. The molecule has 0 aliphatic heterocycles. The average Bonchev–Trinajstić information content (AvgIpc) is 2.32. The third-order valence-corrected chi connectivity index (χ3v) is 2.99. The lowest BCUT2D eigenvalue weighted by Crippen LogP contribution is -2.48. The lowest BCUT2D eigenvalue weighted by Gasteiger charge is -2.30. The maximum atomic E-state index is 12.3. The van der Waals surface area contributed by atoms with Crippen molar-refractivity contribution in [3.8, 4) is 0 Å². The lowest BCUT2D eigenvalue weighted by molar-refractivity contribution is -0.137. The molecule has 0 radical (unpaired) electrons. The predicted molar refractivity (Wildman–Crippen MR) is 72.6 cm³/mol. The van der Waals surface area contributed by atoms with Gasteiger partial charge in [-0.05, 0) is 47.8 Å². The van der Waals surface area contributed by atoms with Gasteiger partial charge in [-0.25, -0.2) is 0 Å². The minimum absolute atomic E-state index is 0.0569. The van der Waals surface area contributed by atoms with Gasteiger partial charge in [0.05, 0.1) is 0 Å². The highest BCUT2D eigenvalue weighted by Crippen LogP contribution is 2.19. The molecule has 1 amide bonds.